The number of hydrogen-bond donors (Lipinski definition) is 2. The maximum absolute atomic E-state index is 6.02. The van der Waals surface area contributed by atoms with Gasteiger partial charge in [0.15, 0.2) is 11.8 Å². The predicted octanol–water partition coefficient (Wildman–Crippen LogP) is 3.90. The number of aliphatic imine (C=N–C) groups is 1. The number of nitrogens with zero attached hydrogens (tertiary/aromatic N) is 3. The fourth-order valence-corrected chi connectivity index (χ4v) is 2.72. The Morgan fingerprint density at radius 2 is 1.90 bits per heavy atom. The van der Waals surface area contributed by atoms with Gasteiger partial charge in [0.25, 0.3) is 5.89 Å². The molecule has 2 aromatic carbocycles. The Labute approximate surface area is 192 Å². The minimum atomic E-state index is 0. The van der Waals surface area contributed by atoms with E-state index in [9.17, 15) is 0 Å². The van der Waals surface area contributed by atoms with Crippen LogP contribution < -0.4 is 20.5 Å². The molecule has 1 aromatic heterocycles. The summed E-state index contributed by atoms with van der Waals surface area (Å²) in [4.78, 5) is 8.72. The van der Waals surface area contributed by atoms with Gasteiger partial charge in [-0.15, -0.1) is 24.0 Å². The van der Waals surface area contributed by atoms with Crippen LogP contribution in [0.25, 0.3) is 11.5 Å². The minimum absolute atomic E-state index is 0. The number of anilines is 1. The molecule has 0 aliphatic rings. The van der Waals surface area contributed by atoms with E-state index >= 15 is 0 Å². The summed E-state index contributed by atoms with van der Waals surface area (Å²) in [6.45, 7) is 2.54. The van der Waals surface area contributed by atoms with E-state index in [-0.39, 0.29) is 24.0 Å². The number of nitrogens with one attached hydrogen (secondary N) is 1. The second kappa shape index (κ2) is 11.4. The number of hydrogen-bond acceptors (Lipinski definition) is 6. The molecule has 3 rings (SSSR count). The molecule has 3 aromatic rings. The smallest absolute Gasteiger partial charge is 0.257 e. The van der Waals surface area contributed by atoms with Gasteiger partial charge < -0.3 is 25.0 Å². The van der Waals surface area contributed by atoms with Crippen LogP contribution in [0.2, 0.25) is 0 Å². The molecule has 0 amide bonds. The second-order valence-electron chi connectivity index (χ2n) is 6.27. The molecule has 0 aliphatic heterocycles. The molecule has 0 atom stereocenters. The van der Waals surface area contributed by atoms with E-state index in [1.807, 2.05) is 43.3 Å². The SMILES string of the molecule is CCc1noc(-c2ccc(CCN=C(N)Nc3cc(OC)ccc3OC)cc2)n1.I. The topological polar surface area (TPSA) is 108 Å². The van der Waals surface area contributed by atoms with Crippen LogP contribution in [0, 0.1) is 0 Å². The first kappa shape index (κ1) is 23.5. The van der Waals surface area contributed by atoms with Crippen molar-refractivity contribution >= 4 is 35.6 Å². The maximum Gasteiger partial charge on any atom is 0.257 e. The largest absolute Gasteiger partial charge is 0.497 e. The van der Waals surface area contributed by atoms with Gasteiger partial charge >= 0.3 is 0 Å². The Kier molecular flexibility index (Phi) is 8.90. The minimum Gasteiger partial charge on any atom is -0.497 e. The number of halogens is 1. The third-order valence-corrected chi connectivity index (χ3v) is 4.34. The average molecular weight is 523 g/mol. The van der Waals surface area contributed by atoms with Crippen molar-refractivity contribution in [2.75, 3.05) is 26.1 Å². The molecule has 0 spiro atoms. The number of aryl methyl sites for hydroxylation is 1. The summed E-state index contributed by atoms with van der Waals surface area (Å²) in [6, 6.07) is 13.4. The van der Waals surface area contributed by atoms with Gasteiger partial charge in [-0.3, -0.25) is 4.99 Å². The maximum atomic E-state index is 6.02. The zero-order chi connectivity index (χ0) is 20.6. The zero-order valence-corrected chi connectivity index (χ0v) is 19.5. The molecular weight excluding hydrogens is 497 g/mol. The third kappa shape index (κ3) is 6.09. The highest BCUT2D eigenvalue weighted by Gasteiger charge is 2.08. The Balaban J connectivity index is 0.00000320. The lowest BCUT2D eigenvalue weighted by Crippen LogP contribution is -2.23. The van der Waals surface area contributed by atoms with Gasteiger partial charge in [-0.2, -0.15) is 4.98 Å². The second-order valence-corrected chi connectivity index (χ2v) is 6.27. The van der Waals surface area contributed by atoms with Crippen molar-refractivity contribution < 1.29 is 14.0 Å². The van der Waals surface area contributed by atoms with Crippen molar-refractivity contribution in [1.82, 2.24) is 10.1 Å². The third-order valence-electron chi connectivity index (χ3n) is 4.34. The van der Waals surface area contributed by atoms with E-state index in [0.29, 0.717) is 41.4 Å². The fourth-order valence-electron chi connectivity index (χ4n) is 2.72. The van der Waals surface area contributed by atoms with Gasteiger partial charge in [0.05, 0.1) is 19.9 Å². The van der Waals surface area contributed by atoms with Gasteiger partial charge in [-0.25, -0.2) is 0 Å². The number of aromatic nitrogens is 2. The summed E-state index contributed by atoms with van der Waals surface area (Å²) in [7, 11) is 3.21. The Hall–Kier alpha value is -2.82. The fraction of sp³-hybridized carbons (Fsp3) is 0.286. The van der Waals surface area contributed by atoms with Crippen LogP contribution in [-0.2, 0) is 12.8 Å². The van der Waals surface area contributed by atoms with E-state index in [2.05, 4.69) is 20.4 Å². The van der Waals surface area contributed by atoms with Crippen LogP contribution in [0.4, 0.5) is 5.69 Å². The van der Waals surface area contributed by atoms with Crippen LogP contribution in [0.5, 0.6) is 11.5 Å². The van der Waals surface area contributed by atoms with Gasteiger partial charge in [-0.05, 0) is 36.2 Å². The number of methoxy groups -OCH3 is 2. The van der Waals surface area contributed by atoms with Crippen LogP contribution in [0.3, 0.4) is 0 Å². The molecule has 30 heavy (non-hydrogen) atoms. The van der Waals surface area contributed by atoms with Crippen molar-refractivity contribution in [3.05, 3.63) is 53.9 Å². The molecule has 0 saturated heterocycles. The predicted molar refractivity (Wildman–Crippen MR) is 128 cm³/mol. The van der Waals surface area contributed by atoms with Crippen molar-refractivity contribution in [3.8, 4) is 23.0 Å². The van der Waals surface area contributed by atoms with E-state index in [0.717, 1.165) is 24.0 Å². The molecule has 3 N–H and O–H groups in total. The first-order chi connectivity index (χ1) is 14.1. The normalized spacial score (nSPS) is 11.0. The van der Waals surface area contributed by atoms with E-state index < -0.39 is 0 Å². The molecule has 8 nitrogen and oxygen atoms in total. The number of rotatable bonds is 8. The molecule has 0 saturated carbocycles. The van der Waals surface area contributed by atoms with E-state index in [1.54, 1.807) is 20.3 Å². The molecule has 0 unspecified atom stereocenters. The number of ether oxygens (including phenoxy) is 2. The molecule has 0 bridgehead atoms. The van der Waals surface area contributed by atoms with Crippen molar-refractivity contribution in [1.29, 1.82) is 0 Å². The Morgan fingerprint density at radius 3 is 2.53 bits per heavy atom. The molecule has 160 valence electrons. The van der Waals surface area contributed by atoms with Crippen molar-refractivity contribution in [2.24, 2.45) is 10.7 Å². The van der Waals surface area contributed by atoms with Crippen LogP contribution >= 0.6 is 24.0 Å². The summed E-state index contributed by atoms with van der Waals surface area (Å²) in [5, 5.41) is 6.97. The highest BCUT2D eigenvalue weighted by molar-refractivity contribution is 14.0. The van der Waals surface area contributed by atoms with Crippen LogP contribution in [-0.4, -0.2) is 36.9 Å². The highest BCUT2D eigenvalue weighted by atomic mass is 127. The number of nitrogens with two attached hydrogens (primary N) is 1. The molecule has 0 aliphatic carbocycles. The van der Waals surface area contributed by atoms with Crippen molar-refractivity contribution in [2.45, 2.75) is 19.8 Å². The Bertz CT molecular complexity index is 973. The van der Waals surface area contributed by atoms with Crippen LogP contribution in [0.1, 0.15) is 18.3 Å². The summed E-state index contributed by atoms with van der Waals surface area (Å²) in [5.74, 6) is 2.91. The molecular formula is C21H26IN5O3. The van der Waals surface area contributed by atoms with Gasteiger partial charge in [-0.1, -0.05) is 24.2 Å². The lowest BCUT2D eigenvalue weighted by atomic mass is 10.1. The van der Waals surface area contributed by atoms with Gasteiger partial charge in [0, 0.05) is 24.6 Å². The summed E-state index contributed by atoms with van der Waals surface area (Å²) in [5.41, 5.74) is 8.75. The lowest BCUT2D eigenvalue weighted by molar-refractivity contribution is 0.405. The van der Waals surface area contributed by atoms with Crippen LogP contribution in [0.15, 0.2) is 52.0 Å². The molecule has 9 heteroatoms. The quantitative estimate of drug-likeness (QED) is 0.262. The molecule has 0 radical (unpaired) electrons. The number of benzene rings is 2. The summed E-state index contributed by atoms with van der Waals surface area (Å²) < 4.78 is 15.8. The van der Waals surface area contributed by atoms with Gasteiger partial charge in [0.1, 0.15) is 11.5 Å². The lowest BCUT2D eigenvalue weighted by Gasteiger charge is -2.12. The average Bonchev–Trinajstić information content (AvgIpc) is 3.23. The Morgan fingerprint density at radius 1 is 1.13 bits per heavy atom. The van der Waals surface area contributed by atoms with Gasteiger partial charge in [0.2, 0.25) is 0 Å². The summed E-state index contributed by atoms with van der Waals surface area (Å²) in [6.07, 6.45) is 1.50. The van der Waals surface area contributed by atoms with E-state index in [1.165, 1.54) is 0 Å². The monoisotopic (exact) mass is 523 g/mol. The highest BCUT2D eigenvalue weighted by Crippen LogP contribution is 2.28. The zero-order valence-electron chi connectivity index (χ0n) is 17.2. The standard InChI is InChI=1S/C21H25N5O3.HI/c1-4-19-25-20(29-26-19)15-7-5-14(6-8-15)11-12-23-21(22)24-17-13-16(27-2)9-10-18(17)28-3;/h5-10,13H,4,11-12H2,1-3H3,(H3,22,23,24);1H. The first-order valence-corrected chi connectivity index (χ1v) is 9.33. The molecule has 0 fully saturated rings. The summed E-state index contributed by atoms with van der Waals surface area (Å²) >= 11 is 0. The first-order valence-electron chi connectivity index (χ1n) is 9.33. The van der Waals surface area contributed by atoms with E-state index in [4.69, 9.17) is 19.7 Å². The molecule has 1 heterocycles. The number of guanidine groups is 1. The van der Waals surface area contributed by atoms with Crippen molar-refractivity contribution in [3.63, 3.8) is 0 Å².